The van der Waals surface area contributed by atoms with Crippen molar-refractivity contribution in [1.82, 2.24) is 4.90 Å². The standard InChI is InChI=1S/C15H18FN3O3/c16-12-3-4-13(14(7-12)19(21)22)17-8-10-5-6-18(9-10)15(20)11-1-2-11/h3-4,7,10-11,17H,1-2,5-6,8-9H2. The second-order valence-electron chi connectivity index (χ2n) is 6.01. The molecule has 1 saturated heterocycles. The van der Waals surface area contributed by atoms with Crippen molar-refractivity contribution >= 4 is 17.3 Å². The lowest BCUT2D eigenvalue weighted by atomic mass is 10.1. The Labute approximate surface area is 127 Å². The molecule has 0 radical (unpaired) electrons. The van der Waals surface area contributed by atoms with Crippen LogP contribution in [0.5, 0.6) is 0 Å². The molecule has 1 atom stereocenters. The molecule has 3 rings (SSSR count). The number of nitrogens with zero attached hydrogens (tertiary/aromatic N) is 2. The van der Waals surface area contributed by atoms with Gasteiger partial charge in [-0.25, -0.2) is 4.39 Å². The minimum atomic E-state index is -0.626. The van der Waals surface area contributed by atoms with E-state index in [4.69, 9.17) is 0 Å². The average Bonchev–Trinajstić information content (AvgIpc) is 3.23. The average molecular weight is 307 g/mol. The summed E-state index contributed by atoms with van der Waals surface area (Å²) >= 11 is 0. The maximum Gasteiger partial charge on any atom is 0.295 e. The molecular formula is C15H18FN3O3. The number of halogens is 1. The molecule has 1 aromatic carbocycles. The number of hydrogen-bond donors (Lipinski definition) is 1. The minimum Gasteiger partial charge on any atom is -0.379 e. The third-order valence-electron chi connectivity index (χ3n) is 4.26. The van der Waals surface area contributed by atoms with Gasteiger partial charge in [0, 0.05) is 25.6 Å². The Morgan fingerprint density at radius 3 is 2.86 bits per heavy atom. The Morgan fingerprint density at radius 2 is 2.18 bits per heavy atom. The fourth-order valence-electron chi connectivity index (χ4n) is 2.85. The van der Waals surface area contributed by atoms with Crippen molar-refractivity contribution in [3.8, 4) is 0 Å². The van der Waals surface area contributed by atoms with Crippen LogP contribution in [-0.4, -0.2) is 35.4 Å². The molecule has 1 N–H and O–H groups in total. The van der Waals surface area contributed by atoms with Gasteiger partial charge in [-0.05, 0) is 37.3 Å². The van der Waals surface area contributed by atoms with E-state index in [-0.39, 0.29) is 23.4 Å². The van der Waals surface area contributed by atoms with Crippen molar-refractivity contribution in [2.45, 2.75) is 19.3 Å². The molecule has 0 aromatic heterocycles. The number of carbonyl (C=O) groups is 1. The van der Waals surface area contributed by atoms with Gasteiger partial charge in [-0.1, -0.05) is 0 Å². The number of amides is 1. The lowest BCUT2D eigenvalue weighted by Gasteiger charge is -2.16. The van der Waals surface area contributed by atoms with E-state index in [1.165, 1.54) is 12.1 Å². The first-order chi connectivity index (χ1) is 10.5. The van der Waals surface area contributed by atoms with Crippen molar-refractivity contribution in [2.24, 2.45) is 11.8 Å². The van der Waals surface area contributed by atoms with Crippen molar-refractivity contribution in [1.29, 1.82) is 0 Å². The van der Waals surface area contributed by atoms with E-state index < -0.39 is 10.7 Å². The van der Waals surface area contributed by atoms with E-state index in [1.54, 1.807) is 0 Å². The second kappa shape index (κ2) is 5.90. The highest BCUT2D eigenvalue weighted by Crippen LogP contribution is 2.33. The lowest BCUT2D eigenvalue weighted by molar-refractivity contribution is -0.384. The van der Waals surface area contributed by atoms with Crippen LogP contribution >= 0.6 is 0 Å². The number of nitrogens with one attached hydrogen (secondary N) is 1. The Bertz CT molecular complexity index is 604. The summed E-state index contributed by atoms with van der Waals surface area (Å²) in [6, 6.07) is 3.50. The molecule has 22 heavy (non-hydrogen) atoms. The number of hydrogen-bond acceptors (Lipinski definition) is 4. The maximum absolute atomic E-state index is 13.1. The van der Waals surface area contributed by atoms with Gasteiger partial charge >= 0.3 is 0 Å². The molecular weight excluding hydrogens is 289 g/mol. The zero-order valence-corrected chi connectivity index (χ0v) is 12.1. The van der Waals surface area contributed by atoms with Crippen LogP contribution in [0.3, 0.4) is 0 Å². The van der Waals surface area contributed by atoms with Crippen LogP contribution in [0.15, 0.2) is 18.2 Å². The molecule has 1 aliphatic heterocycles. The Hall–Kier alpha value is -2.18. The van der Waals surface area contributed by atoms with Crippen LogP contribution in [0.1, 0.15) is 19.3 Å². The molecule has 1 unspecified atom stereocenters. The molecule has 2 aliphatic rings. The zero-order chi connectivity index (χ0) is 15.7. The summed E-state index contributed by atoms with van der Waals surface area (Å²) in [6.07, 6.45) is 2.89. The van der Waals surface area contributed by atoms with Gasteiger partial charge in [-0.3, -0.25) is 14.9 Å². The van der Waals surface area contributed by atoms with Crippen LogP contribution in [0.25, 0.3) is 0 Å². The summed E-state index contributed by atoms with van der Waals surface area (Å²) in [4.78, 5) is 24.2. The van der Waals surface area contributed by atoms with Crippen molar-refractivity contribution in [3.63, 3.8) is 0 Å². The number of likely N-dealkylation sites (tertiary alicyclic amines) is 1. The van der Waals surface area contributed by atoms with Crippen molar-refractivity contribution in [2.75, 3.05) is 25.0 Å². The SMILES string of the molecule is O=C(C1CC1)N1CCC(CNc2ccc(F)cc2[N+](=O)[O-])C1. The molecule has 0 bridgehead atoms. The largest absolute Gasteiger partial charge is 0.379 e. The van der Waals surface area contributed by atoms with E-state index in [0.717, 1.165) is 31.9 Å². The van der Waals surface area contributed by atoms with Gasteiger partial charge in [0.2, 0.25) is 5.91 Å². The first-order valence-electron chi connectivity index (χ1n) is 7.51. The summed E-state index contributed by atoms with van der Waals surface area (Å²) in [5.41, 5.74) is 0.0577. The topological polar surface area (TPSA) is 75.5 Å². The summed E-state index contributed by atoms with van der Waals surface area (Å²) in [5, 5.41) is 14.0. The van der Waals surface area contributed by atoms with Gasteiger partial charge in [-0.15, -0.1) is 0 Å². The number of rotatable bonds is 5. The molecule has 0 spiro atoms. The number of carbonyl (C=O) groups excluding carboxylic acids is 1. The van der Waals surface area contributed by atoms with Gasteiger partial charge < -0.3 is 10.2 Å². The molecule has 1 aliphatic carbocycles. The summed E-state index contributed by atoms with van der Waals surface area (Å²) < 4.78 is 13.1. The smallest absolute Gasteiger partial charge is 0.295 e. The van der Waals surface area contributed by atoms with Gasteiger partial charge in [0.1, 0.15) is 11.5 Å². The van der Waals surface area contributed by atoms with E-state index in [0.29, 0.717) is 18.8 Å². The number of benzene rings is 1. The van der Waals surface area contributed by atoms with E-state index >= 15 is 0 Å². The van der Waals surface area contributed by atoms with Crippen molar-refractivity contribution < 1.29 is 14.1 Å². The summed E-state index contributed by atoms with van der Waals surface area (Å²) in [7, 11) is 0. The molecule has 1 amide bonds. The molecule has 118 valence electrons. The third-order valence-corrected chi connectivity index (χ3v) is 4.26. The Kier molecular flexibility index (Phi) is 3.96. The van der Waals surface area contributed by atoms with E-state index in [9.17, 15) is 19.3 Å². The van der Waals surface area contributed by atoms with Crippen LogP contribution in [0.2, 0.25) is 0 Å². The van der Waals surface area contributed by atoms with E-state index in [1.807, 2.05) is 4.90 Å². The summed E-state index contributed by atoms with van der Waals surface area (Å²) in [5.74, 6) is 0.117. The first kappa shape index (κ1) is 14.7. The Balaban J connectivity index is 1.57. The van der Waals surface area contributed by atoms with Crippen LogP contribution in [0.4, 0.5) is 15.8 Å². The van der Waals surface area contributed by atoms with Gasteiger partial charge in [0.05, 0.1) is 11.0 Å². The van der Waals surface area contributed by atoms with Gasteiger partial charge in [-0.2, -0.15) is 0 Å². The zero-order valence-electron chi connectivity index (χ0n) is 12.1. The third kappa shape index (κ3) is 3.18. The predicted molar refractivity (Wildman–Crippen MR) is 79.0 cm³/mol. The molecule has 2 fully saturated rings. The van der Waals surface area contributed by atoms with Crippen LogP contribution in [0, 0.1) is 27.8 Å². The molecule has 1 aromatic rings. The quantitative estimate of drug-likeness (QED) is 0.669. The van der Waals surface area contributed by atoms with Crippen LogP contribution in [-0.2, 0) is 4.79 Å². The first-order valence-corrected chi connectivity index (χ1v) is 7.51. The highest BCUT2D eigenvalue weighted by atomic mass is 19.1. The fourth-order valence-corrected chi connectivity index (χ4v) is 2.85. The molecule has 1 saturated carbocycles. The minimum absolute atomic E-state index is 0.227. The monoisotopic (exact) mass is 307 g/mol. The fraction of sp³-hybridized carbons (Fsp3) is 0.533. The highest BCUT2D eigenvalue weighted by molar-refractivity contribution is 5.81. The number of anilines is 1. The molecule has 6 nitrogen and oxygen atoms in total. The lowest BCUT2D eigenvalue weighted by Crippen LogP contribution is -2.30. The second-order valence-corrected chi connectivity index (χ2v) is 6.01. The summed E-state index contributed by atoms with van der Waals surface area (Å²) in [6.45, 7) is 1.99. The van der Waals surface area contributed by atoms with Gasteiger partial charge in [0.15, 0.2) is 0 Å². The maximum atomic E-state index is 13.1. The highest BCUT2D eigenvalue weighted by Gasteiger charge is 2.36. The molecule has 1 heterocycles. The van der Waals surface area contributed by atoms with Gasteiger partial charge in [0.25, 0.3) is 5.69 Å². The normalized spacial score (nSPS) is 21.0. The van der Waals surface area contributed by atoms with Crippen LogP contribution < -0.4 is 5.32 Å². The Morgan fingerprint density at radius 1 is 1.41 bits per heavy atom. The molecule has 7 heteroatoms. The van der Waals surface area contributed by atoms with Crippen molar-refractivity contribution in [3.05, 3.63) is 34.1 Å². The van der Waals surface area contributed by atoms with E-state index in [2.05, 4.69) is 5.32 Å². The number of nitro benzene ring substituents is 1. The number of nitro groups is 1. The predicted octanol–water partition coefficient (Wildman–Crippen LogP) is 2.40.